The van der Waals surface area contributed by atoms with Crippen LogP contribution in [-0.4, -0.2) is 49.3 Å². The number of nitrogens with zero attached hydrogens (tertiary/aromatic N) is 1. The first-order chi connectivity index (χ1) is 13.1. The summed E-state index contributed by atoms with van der Waals surface area (Å²) in [4.78, 5) is 3.04. The number of benzene rings is 2. The van der Waals surface area contributed by atoms with E-state index in [4.69, 9.17) is 44.9 Å². The van der Waals surface area contributed by atoms with Crippen molar-refractivity contribution in [3.8, 4) is 5.75 Å². The molecule has 0 unspecified atom stereocenters. The van der Waals surface area contributed by atoms with E-state index < -0.39 is 0 Å². The lowest BCUT2D eigenvalue weighted by Gasteiger charge is -2.26. The fourth-order valence-electron chi connectivity index (χ4n) is 2.78. The van der Waals surface area contributed by atoms with Crippen LogP contribution < -0.4 is 10.1 Å². The van der Waals surface area contributed by atoms with Crippen molar-refractivity contribution in [2.75, 3.05) is 39.4 Å². The predicted molar refractivity (Wildman–Crippen MR) is 114 cm³/mol. The molecule has 1 aliphatic rings. The van der Waals surface area contributed by atoms with Crippen molar-refractivity contribution in [3.63, 3.8) is 0 Å². The van der Waals surface area contributed by atoms with Gasteiger partial charge in [0.15, 0.2) is 0 Å². The fraction of sp³-hybridized carbons (Fsp3) is 0.350. The summed E-state index contributed by atoms with van der Waals surface area (Å²) in [7, 11) is 0. The van der Waals surface area contributed by atoms with Crippen LogP contribution in [0, 0.1) is 0 Å². The van der Waals surface area contributed by atoms with Crippen LogP contribution in [0.4, 0.5) is 0 Å². The first-order valence-electron chi connectivity index (χ1n) is 8.87. The molecule has 1 aliphatic heterocycles. The number of hydrogen-bond acceptors (Lipinski definition) is 4. The summed E-state index contributed by atoms with van der Waals surface area (Å²) in [6.45, 7) is 5.64. The molecule has 144 valence electrons. The molecule has 3 rings (SSSR count). The van der Waals surface area contributed by atoms with Gasteiger partial charge in [-0.15, -0.1) is 0 Å². The van der Waals surface area contributed by atoms with Gasteiger partial charge in [0.05, 0.1) is 18.2 Å². The van der Waals surface area contributed by atoms with Gasteiger partial charge in [-0.3, -0.25) is 4.90 Å². The van der Waals surface area contributed by atoms with Crippen molar-refractivity contribution < 1.29 is 9.47 Å². The molecule has 0 aromatic heterocycles. The molecule has 4 nitrogen and oxygen atoms in total. The number of halogens is 2. The van der Waals surface area contributed by atoms with E-state index in [-0.39, 0.29) is 0 Å². The molecule has 7 heteroatoms. The zero-order valence-electron chi connectivity index (χ0n) is 14.9. The maximum Gasteiger partial charge on any atom is 0.138 e. The van der Waals surface area contributed by atoms with Gasteiger partial charge in [0, 0.05) is 42.3 Å². The number of rotatable bonds is 7. The first-order valence-corrected chi connectivity index (χ1v) is 10.0. The van der Waals surface area contributed by atoms with Gasteiger partial charge in [-0.05, 0) is 24.3 Å². The highest BCUT2D eigenvalue weighted by atomic mass is 35.5. The minimum absolute atomic E-state index is 0.362. The van der Waals surface area contributed by atoms with Crippen LogP contribution in [0.15, 0.2) is 42.5 Å². The number of nitrogens with one attached hydrogen (secondary N) is 1. The normalized spacial score (nSPS) is 14.7. The summed E-state index contributed by atoms with van der Waals surface area (Å²) < 4.78 is 11.2. The van der Waals surface area contributed by atoms with Gasteiger partial charge < -0.3 is 14.8 Å². The van der Waals surface area contributed by atoms with Gasteiger partial charge in [0.25, 0.3) is 0 Å². The Balaban J connectivity index is 1.50. The van der Waals surface area contributed by atoms with E-state index in [0.717, 1.165) is 50.5 Å². The summed E-state index contributed by atoms with van der Waals surface area (Å²) in [5.74, 6) is 0.608. The van der Waals surface area contributed by atoms with E-state index in [0.29, 0.717) is 27.4 Å². The quantitative estimate of drug-likeness (QED) is 0.674. The Morgan fingerprint density at radius 2 is 1.89 bits per heavy atom. The molecule has 1 saturated heterocycles. The molecule has 0 bridgehead atoms. The highest BCUT2D eigenvalue weighted by Gasteiger charge is 2.11. The molecular weight excluding hydrogens is 403 g/mol. The molecule has 2 aromatic rings. The van der Waals surface area contributed by atoms with E-state index in [1.165, 1.54) is 0 Å². The second-order valence-electron chi connectivity index (χ2n) is 6.24. The Morgan fingerprint density at radius 1 is 1.11 bits per heavy atom. The predicted octanol–water partition coefficient (Wildman–Crippen LogP) is 4.17. The zero-order valence-corrected chi connectivity index (χ0v) is 17.2. The first kappa shape index (κ1) is 20.4. The van der Waals surface area contributed by atoms with Crippen LogP contribution in [0.25, 0.3) is 0 Å². The van der Waals surface area contributed by atoms with Gasteiger partial charge in [0.2, 0.25) is 0 Å². The molecule has 0 spiro atoms. The van der Waals surface area contributed by atoms with Crippen LogP contribution in [0.2, 0.25) is 10.0 Å². The maximum atomic E-state index is 6.37. The Morgan fingerprint density at radius 3 is 2.63 bits per heavy atom. The SMILES string of the molecule is S=C(NCCN1CCOCC1)c1ccc(OCc2ccccc2Cl)c(Cl)c1. The summed E-state index contributed by atoms with van der Waals surface area (Å²) in [5, 5.41) is 4.49. The molecule has 0 amide bonds. The molecule has 1 heterocycles. The standard InChI is InChI=1S/C20H22Cl2N2O2S/c21-17-4-2-1-3-16(17)14-26-19-6-5-15(13-18(19)22)20(27)23-7-8-24-9-11-25-12-10-24/h1-6,13H,7-12,14H2,(H,23,27). The summed E-state index contributed by atoms with van der Waals surface area (Å²) in [5.41, 5.74) is 1.79. The Bertz CT molecular complexity index is 782. The van der Waals surface area contributed by atoms with Crippen molar-refractivity contribution in [1.82, 2.24) is 10.2 Å². The van der Waals surface area contributed by atoms with Gasteiger partial charge in [-0.25, -0.2) is 0 Å². The molecule has 0 aliphatic carbocycles. The zero-order chi connectivity index (χ0) is 19.1. The third-order valence-electron chi connectivity index (χ3n) is 4.35. The molecule has 2 aromatic carbocycles. The lowest BCUT2D eigenvalue weighted by molar-refractivity contribution is 0.0389. The van der Waals surface area contributed by atoms with Crippen LogP contribution in [0.5, 0.6) is 5.75 Å². The highest BCUT2D eigenvalue weighted by molar-refractivity contribution is 7.80. The van der Waals surface area contributed by atoms with Crippen molar-refractivity contribution in [2.45, 2.75) is 6.61 Å². The Kier molecular flexibility index (Phi) is 7.73. The average molecular weight is 425 g/mol. The lowest BCUT2D eigenvalue weighted by Crippen LogP contribution is -2.41. The Labute approximate surface area is 175 Å². The van der Waals surface area contributed by atoms with E-state index in [2.05, 4.69) is 10.2 Å². The summed E-state index contributed by atoms with van der Waals surface area (Å²) >= 11 is 18.0. The van der Waals surface area contributed by atoms with Crippen molar-refractivity contribution >= 4 is 40.4 Å². The van der Waals surface area contributed by atoms with Crippen LogP contribution >= 0.6 is 35.4 Å². The molecule has 0 radical (unpaired) electrons. The fourth-order valence-corrected chi connectivity index (χ4v) is 3.44. The second-order valence-corrected chi connectivity index (χ2v) is 7.46. The van der Waals surface area contributed by atoms with Crippen molar-refractivity contribution in [3.05, 3.63) is 63.6 Å². The minimum atomic E-state index is 0.362. The third kappa shape index (κ3) is 6.06. The van der Waals surface area contributed by atoms with Crippen LogP contribution in [0.1, 0.15) is 11.1 Å². The van der Waals surface area contributed by atoms with Gasteiger partial charge in [0.1, 0.15) is 17.3 Å². The van der Waals surface area contributed by atoms with Gasteiger partial charge in [-0.2, -0.15) is 0 Å². The molecule has 27 heavy (non-hydrogen) atoms. The number of morpholine rings is 1. The van der Waals surface area contributed by atoms with Crippen LogP contribution in [-0.2, 0) is 11.3 Å². The Hall–Kier alpha value is -1.37. The van der Waals surface area contributed by atoms with Crippen molar-refractivity contribution in [2.24, 2.45) is 0 Å². The lowest BCUT2D eigenvalue weighted by atomic mass is 10.2. The van der Waals surface area contributed by atoms with E-state index in [1.807, 2.05) is 42.5 Å². The number of ether oxygens (including phenoxy) is 2. The van der Waals surface area contributed by atoms with Gasteiger partial charge in [-0.1, -0.05) is 53.6 Å². The number of hydrogen-bond donors (Lipinski definition) is 1. The summed E-state index contributed by atoms with van der Waals surface area (Å²) in [6, 6.07) is 13.2. The average Bonchev–Trinajstić information content (AvgIpc) is 2.69. The van der Waals surface area contributed by atoms with Crippen LogP contribution in [0.3, 0.4) is 0 Å². The third-order valence-corrected chi connectivity index (χ3v) is 5.40. The van der Waals surface area contributed by atoms with E-state index in [1.54, 1.807) is 0 Å². The summed E-state index contributed by atoms with van der Waals surface area (Å²) in [6.07, 6.45) is 0. The highest BCUT2D eigenvalue weighted by Crippen LogP contribution is 2.27. The molecule has 1 fully saturated rings. The molecule has 0 saturated carbocycles. The molecule has 0 atom stereocenters. The second kappa shape index (κ2) is 10.2. The topological polar surface area (TPSA) is 33.7 Å². The van der Waals surface area contributed by atoms with E-state index in [9.17, 15) is 0 Å². The monoisotopic (exact) mass is 424 g/mol. The number of thiocarbonyl (C=S) groups is 1. The van der Waals surface area contributed by atoms with E-state index >= 15 is 0 Å². The maximum absolute atomic E-state index is 6.37. The van der Waals surface area contributed by atoms with Gasteiger partial charge >= 0.3 is 0 Å². The smallest absolute Gasteiger partial charge is 0.138 e. The molecule has 1 N–H and O–H groups in total. The largest absolute Gasteiger partial charge is 0.487 e. The molecular formula is C20H22Cl2N2O2S. The van der Waals surface area contributed by atoms with Crippen molar-refractivity contribution in [1.29, 1.82) is 0 Å². The minimum Gasteiger partial charge on any atom is -0.487 e.